The molecule has 0 aliphatic carbocycles. The van der Waals surface area contributed by atoms with Crippen LogP contribution in [0.3, 0.4) is 0 Å². The van der Waals surface area contributed by atoms with E-state index in [-0.39, 0.29) is 5.91 Å². The first-order valence-electron chi connectivity index (χ1n) is 4.20. The molecule has 1 aromatic rings. The summed E-state index contributed by atoms with van der Waals surface area (Å²) in [5, 5.41) is 0. The van der Waals surface area contributed by atoms with Gasteiger partial charge in [-0.25, -0.2) is 0 Å². The van der Waals surface area contributed by atoms with Crippen LogP contribution in [0.15, 0.2) is 35.3 Å². The SMILES string of the molecule is CC=C=NC(=O)c1ccc(OC)cc1. The van der Waals surface area contributed by atoms with Gasteiger partial charge in [-0.3, -0.25) is 4.79 Å². The number of carbonyl (C=O) groups excluding carboxylic acids is 1. The smallest absolute Gasteiger partial charge is 0.285 e. The number of aliphatic imine (C=N–C) groups is 1. The van der Waals surface area contributed by atoms with Gasteiger partial charge in [0, 0.05) is 5.56 Å². The van der Waals surface area contributed by atoms with E-state index in [0.29, 0.717) is 5.56 Å². The minimum absolute atomic E-state index is 0.300. The lowest BCUT2D eigenvalue weighted by atomic mass is 10.2. The molecule has 0 unspecified atom stereocenters. The summed E-state index contributed by atoms with van der Waals surface area (Å²) in [7, 11) is 1.58. The molecule has 0 radical (unpaired) electrons. The van der Waals surface area contributed by atoms with Crippen molar-refractivity contribution in [3.8, 4) is 5.75 Å². The van der Waals surface area contributed by atoms with Gasteiger partial charge < -0.3 is 4.74 Å². The summed E-state index contributed by atoms with van der Waals surface area (Å²) in [5.41, 5.74) is 0.528. The highest BCUT2D eigenvalue weighted by Crippen LogP contribution is 2.11. The van der Waals surface area contributed by atoms with Gasteiger partial charge in [-0.2, -0.15) is 4.99 Å². The lowest BCUT2D eigenvalue weighted by Crippen LogP contribution is -1.93. The van der Waals surface area contributed by atoms with Gasteiger partial charge >= 0.3 is 0 Å². The second kappa shape index (κ2) is 5.00. The fraction of sp³-hybridized carbons (Fsp3) is 0.182. The predicted octanol–water partition coefficient (Wildman–Crippen LogP) is 2.08. The Labute approximate surface area is 82.7 Å². The van der Waals surface area contributed by atoms with Gasteiger partial charge in [-0.05, 0) is 43.1 Å². The Hall–Kier alpha value is -1.86. The van der Waals surface area contributed by atoms with E-state index in [1.807, 2.05) is 0 Å². The van der Waals surface area contributed by atoms with Crippen molar-refractivity contribution in [1.82, 2.24) is 0 Å². The number of benzene rings is 1. The molecule has 0 atom stereocenters. The molecular formula is C11H11NO2. The van der Waals surface area contributed by atoms with Crippen LogP contribution in [0.25, 0.3) is 0 Å². The van der Waals surface area contributed by atoms with E-state index in [1.54, 1.807) is 44.4 Å². The monoisotopic (exact) mass is 189 g/mol. The van der Waals surface area contributed by atoms with Crippen LogP contribution in [0.5, 0.6) is 5.75 Å². The molecule has 0 N–H and O–H groups in total. The Morgan fingerprint density at radius 3 is 2.57 bits per heavy atom. The topological polar surface area (TPSA) is 38.7 Å². The van der Waals surface area contributed by atoms with Crippen molar-refractivity contribution < 1.29 is 9.53 Å². The Balaban J connectivity index is 2.87. The molecule has 0 aliphatic heterocycles. The van der Waals surface area contributed by atoms with Gasteiger partial charge in [-0.15, -0.1) is 0 Å². The van der Waals surface area contributed by atoms with E-state index >= 15 is 0 Å². The summed E-state index contributed by atoms with van der Waals surface area (Å²) in [4.78, 5) is 14.9. The zero-order valence-electron chi connectivity index (χ0n) is 8.15. The average molecular weight is 189 g/mol. The Bertz CT molecular complexity index is 373. The maximum atomic E-state index is 11.3. The normalized spacial score (nSPS) is 8.71. The number of nitrogens with zero attached hydrogens (tertiary/aromatic N) is 1. The van der Waals surface area contributed by atoms with E-state index in [4.69, 9.17) is 4.74 Å². The van der Waals surface area contributed by atoms with Crippen molar-refractivity contribution in [1.29, 1.82) is 0 Å². The standard InChI is InChI=1S/C11H11NO2/c1-3-8-12-11(13)9-4-6-10(14-2)7-5-9/h3-7H,1-2H3. The lowest BCUT2D eigenvalue weighted by molar-refractivity contribution is 0.100. The molecule has 3 nitrogen and oxygen atoms in total. The van der Waals surface area contributed by atoms with Gasteiger partial charge in [0.15, 0.2) is 0 Å². The largest absolute Gasteiger partial charge is 0.497 e. The van der Waals surface area contributed by atoms with Crippen LogP contribution in [0.4, 0.5) is 0 Å². The zero-order chi connectivity index (χ0) is 10.4. The van der Waals surface area contributed by atoms with Crippen LogP contribution in [-0.4, -0.2) is 18.9 Å². The van der Waals surface area contributed by atoms with Crippen molar-refractivity contribution in [2.45, 2.75) is 6.92 Å². The number of carbonyl (C=O) groups is 1. The van der Waals surface area contributed by atoms with Crippen LogP contribution in [0, 0.1) is 0 Å². The van der Waals surface area contributed by atoms with Gasteiger partial charge in [-0.1, -0.05) is 0 Å². The van der Waals surface area contributed by atoms with Gasteiger partial charge in [0.1, 0.15) is 5.75 Å². The van der Waals surface area contributed by atoms with Crippen molar-refractivity contribution in [3.05, 3.63) is 35.9 Å². The van der Waals surface area contributed by atoms with E-state index in [9.17, 15) is 4.79 Å². The second-order valence-electron chi connectivity index (χ2n) is 2.56. The lowest BCUT2D eigenvalue weighted by Gasteiger charge is -1.98. The summed E-state index contributed by atoms with van der Waals surface area (Å²) in [6.45, 7) is 1.75. The molecule has 1 aromatic carbocycles. The van der Waals surface area contributed by atoms with Crippen LogP contribution >= 0.6 is 0 Å². The first-order chi connectivity index (χ1) is 6.77. The van der Waals surface area contributed by atoms with E-state index in [1.165, 1.54) is 0 Å². The Kier molecular flexibility index (Phi) is 3.65. The molecule has 0 heterocycles. The first-order valence-corrected chi connectivity index (χ1v) is 4.20. The molecule has 14 heavy (non-hydrogen) atoms. The molecule has 0 saturated carbocycles. The van der Waals surface area contributed by atoms with Crippen LogP contribution in [0.1, 0.15) is 17.3 Å². The first kappa shape index (κ1) is 10.2. The highest BCUT2D eigenvalue weighted by Gasteiger charge is 2.01. The predicted molar refractivity (Wildman–Crippen MR) is 55.0 cm³/mol. The molecule has 1 amide bonds. The number of amides is 1. The summed E-state index contributed by atoms with van der Waals surface area (Å²) < 4.78 is 4.97. The summed E-state index contributed by atoms with van der Waals surface area (Å²) >= 11 is 0. The van der Waals surface area contributed by atoms with Gasteiger partial charge in [0.2, 0.25) is 0 Å². The van der Waals surface area contributed by atoms with E-state index in [2.05, 4.69) is 10.9 Å². The molecule has 1 rings (SSSR count). The molecule has 0 fully saturated rings. The number of hydrogen-bond acceptors (Lipinski definition) is 2. The minimum Gasteiger partial charge on any atom is -0.497 e. The van der Waals surface area contributed by atoms with E-state index < -0.39 is 0 Å². The third kappa shape index (κ3) is 2.57. The summed E-state index contributed by atoms with van der Waals surface area (Å²) in [6.07, 6.45) is 1.58. The van der Waals surface area contributed by atoms with Crippen LogP contribution in [0.2, 0.25) is 0 Å². The molecule has 0 spiro atoms. The van der Waals surface area contributed by atoms with Crippen molar-refractivity contribution in [3.63, 3.8) is 0 Å². The van der Waals surface area contributed by atoms with Crippen molar-refractivity contribution >= 4 is 11.8 Å². The fourth-order valence-corrected chi connectivity index (χ4v) is 0.921. The Morgan fingerprint density at radius 2 is 2.07 bits per heavy atom. The number of hydrogen-bond donors (Lipinski definition) is 0. The second-order valence-corrected chi connectivity index (χ2v) is 2.56. The van der Waals surface area contributed by atoms with Crippen molar-refractivity contribution in [2.24, 2.45) is 4.99 Å². The number of allylic oxidation sites excluding steroid dienone is 1. The molecule has 72 valence electrons. The number of methoxy groups -OCH3 is 1. The molecule has 0 aliphatic rings. The number of rotatable bonds is 2. The molecular weight excluding hydrogens is 178 g/mol. The fourth-order valence-electron chi connectivity index (χ4n) is 0.921. The molecule has 0 saturated heterocycles. The highest BCUT2D eigenvalue weighted by atomic mass is 16.5. The van der Waals surface area contributed by atoms with Crippen LogP contribution < -0.4 is 4.74 Å². The maximum absolute atomic E-state index is 11.3. The molecule has 3 heteroatoms. The van der Waals surface area contributed by atoms with Gasteiger partial charge in [0.05, 0.1) is 7.11 Å². The zero-order valence-corrected chi connectivity index (χ0v) is 8.15. The summed E-state index contributed by atoms with van der Waals surface area (Å²) in [6, 6.07) is 6.78. The third-order valence-electron chi connectivity index (χ3n) is 1.63. The maximum Gasteiger partial charge on any atom is 0.285 e. The van der Waals surface area contributed by atoms with Crippen LogP contribution in [-0.2, 0) is 0 Å². The molecule has 0 aromatic heterocycles. The van der Waals surface area contributed by atoms with Crippen molar-refractivity contribution in [2.75, 3.05) is 7.11 Å². The van der Waals surface area contributed by atoms with Gasteiger partial charge in [0.25, 0.3) is 5.91 Å². The Morgan fingerprint density at radius 1 is 1.43 bits per heavy atom. The third-order valence-corrected chi connectivity index (χ3v) is 1.63. The molecule has 0 bridgehead atoms. The minimum atomic E-state index is -0.300. The quantitative estimate of drug-likeness (QED) is 0.668. The highest BCUT2D eigenvalue weighted by molar-refractivity contribution is 5.98. The summed E-state index contributed by atoms with van der Waals surface area (Å²) in [5.74, 6) is 2.91. The average Bonchev–Trinajstić information content (AvgIpc) is 2.26. The van der Waals surface area contributed by atoms with E-state index in [0.717, 1.165) is 5.75 Å². The number of ether oxygens (including phenoxy) is 1.